The molecule has 2 N–H and O–H groups in total. The smallest absolute Gasteiger partial charge is 0.0700 e. The normalized spacial score (nSPS) is 37.5. The summed E-state index contributed by atoms with van der Waals surface area (Å²) in [6, 6.07) is 0.441. The van der Waals surface area contributed by atoms with Gasteiger partial charge < -0.3 is 10.5 Å². The predicted molar refractivity (Wildman–Crippen MR) is 66.4 cm³/mol. The molecule has 0 radical (unpaired) electrons. The van der Waals surface area contributed by atoms with E-state index in [-0.39, 0.29) is 0 Å². The van der Waals surface area contributed by atoms with Gasteiger partial charge in [-0.1, -0.05) is 19.8 Å². The molecule has 0 aromatic heterocycles. The van der Waals surface area contributed by atoms with Crippen molar-refractivity contribution in [3.05, 3.63) is 0 Å². The van der Waals surface area contributed by atoms with Crippen LogP contribution in [0.1, 0.15) is 39.0 Å². The first-order valence-electron chi connectivity index (χ1n) is 6.89. The van der Waals surface area contributed by atoms with E-state index < -0.39 is 0 Å². The van der Waals surface area contributed by atoms with Crippen molar-refractivity contribution in [1.82, 2.24) is 4.90 Å². The van der Waals surface area contributed by atoms with Crippen LogP contribution in [0.2, 0.25) is 0 Å². The first-order valence-corrected chi connectivity index (χ1v) is 6.89. The van der Waals surface area contributed by atoms with E-state index in [1.54, 1.807) is 0 Å². The molecular weight excluding hydrogens is 200 g/mol. The zero-order valence-corrected chi connectivity index (χ0v) is 10.5. The molecule has 3 heteroatoms. The van der Waals surface area contributed by atoms with Crippen LogP contribution in [0.3, 0.4) is 0 Å². The van der Waals surface area contributed by atoms with E-state index in [0.717, 1.165) is 32.0 Å². The summed E-state index contributed by atoms with van der Waals surface area (Å²) in [5.41, 5.74) is 6.21. The number of hydrogen-bond acceptors (Lipinski definition) is 3. The van der Waals surface area contributed by atoms with Gasteiger partial charge in [0.05, 0.1) is 12.7 Å². The molecule has 2 fully saturated rings. The number of nitrogens with two attached hydrogens (primary N) is 1. The Hall–Kier alpha value is -0.120. The van der Waals surface area contributed by atoms with Gasteiger partial charge in [-0.05, 0) is 25.2 Å². The Labute approximate surface area is 99.3 Å². The second-order valence-electron chi connectivity index (χ2n) is 5.37. The molecule has 0 bridgehead atoms. The Morgan fingerprint density at radius 1 is 1.31 bits per heavy atom. The molecule has 1 aliphatic heterocycles. The van der Waals surface area contributed by atoms with Crippen LogP contribution in [-0.4, -0.2) is 43.3 Å². The maximum atomic E-state index is 6.21. The molecule has 0 amide bonds. The van der Waals surface area contributed by atoms with Crippen LogP contribution in [0.15, 0.2) is 0 Å². The van der Waals surface area contributed by atoms with Crippen LogP contribution < -0.4 is 5.73 Å². The van der Waals surface area contributed by atoms with Gasteiger partial charge in [0.2, 0.25) is 0 Å². The van der Waals surface area contributed by atoms with Crippen molar-refractivity contribution >= 4 is 0 Å². The van der Waals surface area contributed by atoms with E-state index >= 15 is 0 Å². The van der Waals surface area contributed by atoms with Crippen LogP contribution in [0, 0.1) is 5.92 Å². The molecule has 2 aliphatic rings. The van der Waals surface area contributed by atoms with E-state index in [9.17, 15) is 0 Å². The second-order valence-corrected chi connectivity index (χ2v) is 5.37. The van der Waals surface area contributed by atoms with Crippen LogP contribution in [0.25, 0.3) is 0 Å². The fourth-order valence-electron chi connectivity index (χ4n) is 2.99. The summed E-state index contributed by atoms with van der Waals surface area (Å²) in [6.07, 6.45) is 6.85. The Morgan fingerprint density at radius 3 is 2.88 bits per heavy atom. The molecule has 3 atom stereocenters. The lowest BCUT2D eigenvalue weighted by Gasteiger charge is -2.37. The van der Waals surface area contributed by atoms with Crippen molar-refractivity contribution in [1.29, 1.82) is 0 Å². The summed E-state index contributed by atoms with van der Waals surface area (Å²) >= 11 is 0. The fourth-order valence-corrected chi connectivity index (χ4v) is 2.99. The van der Waals surface area contributed by atoms with Gasteiger partial charge in [0.15, 0.2) is 0 Å². The van der Waals surface area contributed by atoms with Crippen LogP contribution in [0.4, 0.5) is 0 Å². The molecule has 94 valence electrons. The van der Waals surface area contributed by atoms with Gasteiger partial charge in [-0.25, -0.2) is 0 Å². The van der Waals surface area contributed by atoms with Crippen LogP contribution in [0.5, 0.6) is 0 Å². The highest BCUT2D eigenvalue weighted by Gasteiger charge is 2.26. The van der Waals surface area contributed by atoms with Crippen molar-refractivity contribution in [3.63, 3.8) is 0 Å². The standard InChI is InChI=1S/C13H26N2O/c1-2-12-10-15(7-8-16-12)9-11-5-3-4-6-13(11)14/h11-13H,2-10,14H2,1H3. The topological polar surface area (TPSA) is 38.5 Å². The Kier molecular flexibility index (Phi) is 4.62. The first-order chi connectivity index (χ1) is 7.79. The monoisotopic (exact) mass is 226 g/mol. The molecule has 1 saturated heterocycles. The zero-order chi connectivity index (χ0) is 11.4. The molecular formula is C13H26N2O. The predicted octanol–water partition coefficient (Wildman–Crippen LogP) is 1.61. The largest absolute Gasteiger partial charge is 0.376 e. The van der Waals surface area contributed by atoms with E-state index in [4.69, 9.17) is 10.5 Å². The van der Waals surface area contributed by atoms with Gasteiger partial charge in [0.25, 0.3) is 0 Å². The molecule has 1 aliphatic carbocycles. The van der Waals surface area contributed by atoms with Gasteiger partial charge >= 0.3 is 0 Å². The lowest BCUT2D eigenvalue weighted by Crippen LogP contribution is -2.47. The summed E-state index contributed by atoms with van der Waals surface area (Å²) in [6.45, 7) is 6.52. The Morgan fingerprint density at radius 2 is 2.12 bits per heavy atom. The minimum atomic E-state index is 0.441. The third-order valence-electron chi connectivity index (χ3n) is 4.14. The number of hydrogen-bond donors (Lipinski definition) is 1. The Bertz CT molecular complexity index is 210. The minimum Gasteiger partial charge on any atom is -0.376 e. The van der Waals surface area contributed by atoms with E-state index in [1.807, 2.05) is 0 Å². The molecule has 3 nitrogen and oxygen atoms in total. The maximum Gasteiger partial charge on any atom is 0.0700 e. The minimum absolute atomic E-state index is 0.441. The van der Waals surface area contributed by atoms with Crippen LogP contribution >= 0.6 is 0 Å². The van der Waals surface area contributed by atoms with Crippen molar-refractivity contribution < 1.29 is 4.74 Å². The molecule has 16 heavy (non-hydrogen) atoms. The molecule has 2 rings (SSSR count). The number of ether oxygens (including phenoxy) is 1. The highest BCUT2D eigenvalue weighted by Crippen LogP contribution is 2.24. The lowest BCUT2D eigenvalue weighted by atomic mass is 9.84. The fraction of sp³-hybridized carbons (Fsp3) is 1.00. The molecule has 0 aromatic rings. The molecule has 3 unspecified atom stereocenters. The highest BCUT2D eigenvalue weighted by molar-refractivity contribution is 4.82. The number of morpholine rings is 1. The quantitative estimate of drug-likeness (QED) is 0.794. The van der Waals surface area contributed by atoms with Crippen LogP contribution in [-0.2, 0) is 4.74 Å². The van der Waals surface area contributed by atoms with Crippen molar-refractivity contribution in [2.75, 3.05) is 26.2 Å². The summed E-state index contributed by atoms with van der Waals surface area (Å²) < 4.78 is 5.70. The zero-order valence-electron chi connectivity index (χ0n) is 10.5. The maximum absolute atomic E-state index is 6.21. The third kappa shape index (κ3) is 3.19. The van der Waals surface area contributed by atoms with Gasteiger partial charge in [0.1, 0.15) is 0 Å². The summed E-state index contributed by atoms with van der Waals surface area (Å²) in [5.74, 6) is 0.726. The van der Waals surface area contributed by atoms with Crippen molar-refractivity contribution in [2.24, 2.45) is 11.7 Å². The first kappa shape index (κ1) is 12.3. The van der Waals surface area contributed by atoms with E-state index in [1.165, 1.54) is 32.2 Å². The van der Waals surface area contributed by atoms with E-state index in [2.05, 4.69) is 11.8 Å². The number of nitrogens with zero attached hydrogens (tertiary/aromatic N) is 1. The lowest BCUT2D eigenvalue weighted by molar-refractivity contribution is -0.0363. The Balaban J connectivity index is 1.79. The summed E-state index contributed by atoms with van der Waals surface area (Å²) in [5, 5.41) is 0. The van der Waals surface area contributed by atoms with Gasteiger partial charge in [-0.3, -0.25) is 4.90 Å². The van der Waals surface area contributed by atoms with Crippen molar-refractivity contribution in [3.8, 4) is 0 Å². The van der Waals surface area contributed by atoms with Crippen molar-refractivity contribution in [2.45, 2.75) is 51.2 Å². The van der Waals surface area contributed by atoms with E-state index in [0.29, 0.717) is 12.1 Å². The molecule has 0 aromatic carbocycles. The van der Waals surface area contributed by atoms with Gasteiger partial charge in [-0.2, -0.15) is 0 Å². The van der Waals surface area contributed by atoms with Gasteiger partial charge in [0, 0.05) is 25.7 Å². The second kappa shape index (κ2) is 5.99. The average molecular weight is 226 g/mol. The average Bonchev–Trinajstić information content (AvgIpc) is 2.32. The molecule has 0 spiro atoms. The summed E-state index contributed by atoms with van der Waals surface area (Å²) in [4.78, 5) is 2.56. The SMILES string of the molecule is CCC1CN(CC2CCCCC2N)CCO1. The van der Waals surface area contributed by atoms with Gasteiger partial charge in [-0.15, -0.1) is 0 Å². The molecule has 1 heterocycles. The molecule has 1 saturated carbocycles. The highest BCUT2D eigenvalue weighted by atomic mass is 16.5. The third-order valence-corrected chi connectivity index (χ3v) is 4.14. The summed E-state index contributed by atoms with van der Waals surface area (Å²) in [7, 11) is 0. The number of rotatable bonds is 3.